The summed E-state index contributed by atoms with van der Waals surface area (Å²) in [6, 6.07) is 4.05. The number of anilines is 1. The van der Waals surface area contributed by atoms with Crippen molar-refractivity contribution >= 4 is 5.82 Å². The molecule has 0 amide bonds. The molecule has 5 nitrogen and oxygen atoms in total. The molecule has 5 heteroatoms. The molecule has 1 saturated heterocycles. The second kappa shape index (κ2) is 4.55. The van der Waals surface area contributed by atoms with Crippen LogP contribution in [0, 0.1) is 0 Å². The summed E-state index contributed by atoms with van der Waals surface area (Å²) in [5.74, 6) is 0.822. The summed E-state index contributed by atoms with van der Waals surface area (Å²) >= 11 is 0. The molecule has 2 rings (SSSR count). The van der Waals surface area contributed by atoms with Crippen molar-refractivity contribution in [2.24, 2.45) is 0 Å². The Kier molecular flexibility index (Phi) is 3.13. The molecule has 1 aliphatic heterocycles. The lowest BCUT2D eigenvalue weighted by molar-refractivity contribution is 0.193. The molecule has 1 fully saturated rings. The van der Waals surface area contributed by atoms with E-state index in [0.29, 0.717) is 11.7 Å². The molecule has 0 bridgehead atoms. The summed E-state index contributed by atoms with van der Waals surface area (Å²) in [6.07, 6.45) is 1.03. The highest BCUT2D eigenvalue weighted by Gasteiger charge is 2.21. The van der Waals surface area contributed by atoms with Crippen molar-refractivity contribution in [3.63, 3.8) is 0 Å². The van der Waals surface area contributed by atoms with Crippen LogP contribution < -0.4 is 4.90 Å². The number of aliphatic hydroxyl groups is 1. The molecule has 2 heterocycles. The smallest absolute Gasteiger partial charge is 0.151 e. The Hall–Kier alpha value is -1.20. The first kappa shape index (κ1) is 10.3. The van der Waals surface area contributed by atoms with Crippen LogP contribution in [0.15, 0.2) is 12.1 Å². The van der Waals surface area contributed by atoms with Gasteiger partial charge in [-0.05, 0) is 18.6 Å². The maximum Gasteiger partial charge on any atom is 0.151 e. The molecule has 0 aliphatic carbocycles. The highest BCUT2D eigenvalue weighted by Crippen LogP contribution is 2.17. The fourth-order valence-electron chi connectivity index (χ4n) is 1.64. The Labute approximate surface area is 88.7 Å². The van der Waals surface area contributed by atoms with Gasteiger partial charge in [0, 0.05) is 13.7 Å². The number of hydrogen-bond donors (Lipinski definition) is 1. The zero-order chi connectivity index (χ0) is 10.7. The van der Waals surface area contributed by atoms with E-state index in [9.17, 15) is 0 Å². The average molecular weight is 209 g/mol. The van der Waals surface area contributed by atoms with Crippen LogP contribution in [0.4, 0.5) is 5.82 Å². The lowest BCUT2D eigenvalue weighted by Crippen LogP contribution is -2.32. The van der Waals surface area contributed by atoms with Gasteiger partial charge in [-0.15, -0.1) is 5.10 Å². The summed E-state index contributed by atoms with van der Waals surface area (Å²) in [5, 5.41) is 16.8. The first-order valence-electron chi connectivity index (χ1n) is 5.05. The third kappa shape index (κ3) is 2.24. The Bertz CT molecular complexity index is 309. The normalized spacial score (nSPS) is 20.5. The Morgan fingerprint density at radius 2 is 2.40 bits per heavy atom. The molecule has 82 valence electrons. The number of nitrogens with zero attached hydrogens (tertiary/aromatic N) is 3. The van der Waals surface area contributed by atoms with Crippen LogP contribution in [0.1, 0.15) is 12.1 Å². The van der Waals surface area contributed by atoms with Gasteiger partial charge in [0.15, 0.2) is 5.82 Å². The van der Waals surface area contributed by atoms with Crippen LogP contribution in [0.2, 0.25) is 0 Å². The van der Waals surface area contributed by atoms with E-state index in [1.807, 2.05) is 13.1 Å². The largest absolute Gasteiger partial charge is 0.390 e. The van der Waals surface area contributed by atoms with Crippen LogP contribution in [-0.4, -0.2) is 41.6 Å². The minimum atomic E-state index is -0.0659. The van der Waals surface area contributed by atoms with E-state index < -0.39 is 0 Å². The SMILES string of the molecule is CN(c1ccc(CO)nn1)C1CCOC1. The highest BCUT2D eigenvalue weighted by atomic mass is 16.5. The molecule has 1 aliphatic rings. The van der Waals surface area contributed by atoms with Crippen LogP contribution in [-0.2, 0) is 11.3 Å². The molecular formula is C10H15N3O2. The number of ether oxygens (including phenoxy) is 1. The van der Waals surface area contributed by atoms with Crippen LogP contribution >= 0.6 is 0 Å². The summed E-state index contributed by atoms with van der Waals surface area (Å²) in [5.41, 5.74) is 0.592. The van der Waals surface area contributed by atoms with E-state index in [0.717, 1.165) is 25.5 Å². The quantitative estimate of drug-likeness (QED) is 0.770. The van der Waals surface area contributed by atoms with Crippen molar-refractivity contribution in [3.05, 3.63) is 17.8 Å². The van der Waals surface area contributed by atoms with Gasteiger partial charge in [0.1, 0.15) is 0 Å². The van der Waals surface area contributed by atoms with Crippen molar-refractivity contribution in [1.82, 2.24) is 10.2 Å². The van der Waals surface area contributed by atoms with Gasteiger partial charge in [-0.3, -0.25) is 0 Å². The number of aliphatic hydroxyl groups excluding tert-OH is 1. The number of aromatic nitrogens is 2. The predicted octanol–water partition coefficient (Wildman–Crippen LogP) is 0.194. The fraction of sp³-hybridized carbons (Fsp3) is 0.600. The topological polar surface area (TPSA) is 58.5 Å². The van der Waals surface area contributed by atoms with Crippen molar-refractivity contribution in [1.29, 1.82) is 0 Å². The molecule has 0 spiro atoms. The monoisotopic (exact) mass is 209 g/mol. The first-order valence-corrected chi connectivity index (χ1v) is 5.05. The van der Waals surface area contributed by atoms with E-state index in [2.05, 4.69) is 15.1 Å². The fourth-order valence-corrected chi connectivity index (χ4v) is 1.64. The van der Waals surface area contributed by atoms with Gasteiger partial charge in [0.25, 0.3) is 0 Å². The molecule has 1 aromatic heterocycles. The van der Waals surface area contributed by atoms with Gasteiger partial charge >= 0.3 is 0 Å². The lowest BCUT2D eigenvalue weighted by atomic mass is 10.2. The molecule has 1 atom stereocenters. The second-order valence-corrected chi connectivity index (χ2v) is 3.67. The third-order valence-electron chi connectivity index (χ3n) is 2.68. The third-order valence-corrected chi connectivity index (χ3v) is 2.68. The number of likely N-dealkylation sites (N-methyl/N-ethyl adjacent to an activating group) is 1. The standard InChI is InChI=1S/C10H15N3O2/c1-13(9-4-5-15-7-9)10-3-2-8(6-14)11-12-10/h2-3,9,14H,4-7H2,1H3. The average Bonchev–Trinajstić information content (AvgIpc) is 2.82. The number of hydrogen-bond acceptors (Lipinski definition) is 5. The van der Waals surface area contributed by atoms with E-state index >= 15 is 0 Å². The Morgan fingerprint density at radius 3 is 2.93 bits per heavy atom. The highest BCUT2D eigenvalue weighted by molar-refractivity contribution is 5.37. The minimum absolute atomic E-state index is 0.0659. The summed E-state index contributed by atoms with van der Waals surface area (Å²) in [6.45, 7) is 1.50. The van der Waals surface area contributed by atoms with E-state index in [1.165, 1.54) is 0 Å². The molecule has 0 aromatic carbocycles. The van der Waals surface area contributed by atoms with Crippen molar-refractivity contribution < 1.29 is 9.84 Å². The summed E-state index contributed by atoms with van der Waals surface area (Å²) in [7, 11) is 1.99. The molecule has 1 unspecified atom stereocenters. The van der Waals surface area contributed by atoms with Crippen LogP contribution in [0.25, 0.3) is 0 Å². The van der Waals surface area contributed by atoms with Crippen molar-refractivity contribution in [2.75, 3.05) is 25.2 Å². The molecule has 1 aromatic rings. The molecule has 0 saturated carbocycles. The van der Waals surface area contributed by atoms with Gasteiger partial charge < -0.3 is 14.7 Å². The molecule has 1 N–H and O–H groups in total. The van der Waals surface area contributed by atoms with Crippen LogP contribution in [0.3, 0.4) is 0 Å². The minimum Gasteiger partial charge on any atom is -0.390 e. The van der Waals surface area contributed by atoms with Gasteiger partial charge in [0.05, 0.1) is 24.9 Å². The van der Waals surface area contributed by atoms with E-state index in [1.54, 1.807) is 6.07 Å². The summed E-state index contributed by atoms with van der Waals surface area (Å²) in [4.78, 5) is 2.07. The molecule has 0 radical (unpaired) electrons. The van der Waals surface area contributed by atoms with Gasteiger partial charge in [-0.1, -0.05) is 0 Å². The zero-order valence-electron chi connectivity index (χ0n) is 8.76. The Morgan fingerprint density at radius 1 is 1.53 bits per heavy atom. The maximum atomic E-state index is 8.84. The second-order valence-electron chi connectivity index (χ2n) is 3.67. The zero-order valence-corrected chi connectivity index (χ0v) is 8.76. The predicted molar refractivity (Wildman–Crippen MR) is 55.6 cm³/mol. The molecule has 15 heavy (non-hydrogen) atoms. The van der Waals surface area contributed by atoms with Crippen LogP contribution in [0.5, 0.6) is 0 Å². The van der Waals surface area contributed by atoms with Gasteiger partial charge in [0.2, 0.25) is 0 Å². The Balaban J connectivity index is 2.07. The van der Waals surface area contributed by atoms with E-state index in [4.69, 9.17) is 9.84 Å². The summed E-state index contributed by atoms with van der Waals surface area (Å²) < 4.78 is 5.31. The van der Waals surface area contributed by atoms with Gasteiger partial charge in [-0.25, -0.2) is 0 Å². The number of rotatable bonds is 3. The lowest BCUT2D eigenvalue weighted by Gasteiger charge is -2.23. The first-order chi connectivity index (χ1) is 7.31. The van der Waals surface area contributed by atoms with Crippen molar-refractivity contribution in [2.45, 2.75) is 19.1 Å². The van der Waals surface area contributed by atoms with Crippen molar-refractivity contribution in [3.8, 4) is 0 Å². The maximum absolute atomic E-state index is 8.84. The van der Waals surface area contributed by atoms with Gasteiger partial charge in [-0.2, -0.15) is 5.10 Å². The van der Waals surface area contributed by atoms with E-state index in [-0.39, 0.29) is 6.61 Å². The molecular weight excluding hydrogens is 194 g/mol.